The molecule has 2 rings (SSSR count). The van der Waals surface area contributed by atoms with Gasteiger partial charge in [-0.25, -0.2) is 0 Å². The summed E-state index contributed by atoms with van der Waals surface area (Å²) in [6.45, 7) is 7.67. The summed E-state index contributed by atoms with van der Waals surface area (Å²) in [5.41, 5.74) is 0.496. The first kappa shape index (κ1) is 15.3. The first-order valence-corrected chi connectivity index (χ1v) is 7.33. The molecule has 0 spiro atoms. The molecule has 0 saturated carbocycles. The number of hydrogen-bond acceptors (Lipinski definition) is 3. The van der Waals surface area contributed by atoms with Gasteiger partial charge in [-0.05, 0) is 32.0 Å². The molecule has 1 aromatic carbocycles. The normalized spacial score (nSPS) is 26.2. The highest BCUT2D eigenvalue weighted by atomic mass is 35.5. The van der Waals surface area contributed by atoms with E-state index >= 15 is 0 Å². The van der Waals surface area contributed by atoms with Crippen LogP contribution in [0.25, 0.3) is 0 Å². The van der Waals surface area contributed by atoms with Crippen LogP contribution in [0.2, 0.25) is 5.02 Å². The maximum absolute atomic E-state index is 11.0. The van der Waals surface area contributed by atoms with Crippen LogP contribution in [0.3, 0.4) is 0 Å². The Morgan fingerprint density at radius 2 is 2.10 bits per heavy atom. The fourth-order valence-corrected chi connectivity index (χ4v) is 2.82. The minimum atomic E-state index is 0.287. The first-order chi connectivity index (χ1) is 9.58. The predicted octanol–water partition coefficient (Wildman–Crippen LogP) is 1.22. The number of morpholine rings is 1. The molecular formula is C15H21ClNO3+. The number of aldehydes is 1. The standard InChI is InChI=1S/C15H20ClNO3/c1-11-8-17(9-12(2)20-11)5-6-19-15-4-3-14(16)7-13(15)10-18/h3-4,7,10-12H,5-6,8-9H2,1-2H3/p+1/t11-,12-/m0/s1. The van der Waals surface area contributed by atoms with Gasteiger partial charge in [0.15, 0.2) is 6.29 Å². The van der Waals surface area contributed by atoms with Crippen molar-refractivity contribution >= 4 is 17.9 Å². The molecule has 1 saturated heterocycles. The van der Waals surface area contributed by atoms with Gasteiger partial charge in [-0.15, -0.1) is 0 Å². The summed E-state index contributed by atoms with van der Waals surface area (Å²) in [5.74, 6) is 0.596. The lowest BCUT2D eigenvalue weighted by Crippen LogP contribution is -3.16. The van der Waals surface area contributed by atoms with E-state index < -0.39 is 0 Å². The Labute approximate surface area is 124 Å². The zero-order valence-electron chi connectivity index (χ0n) is 11.9. The van der Waals surface area contributed by atoms with Gasteiger partial charge in [-0.1, -0.05) is 11.6 Å². The van der Waals surface area contributed by atoms with Gasteiger partial charge in [0, 0.05) is 5.02 Å². The highest BCUT2D eigenvalue weighted by Gasteiger charge is 2.25. The number of benzene rings is 1. The lowest BCUT2D eigenvalue weighted by molar-refractivity contribution is -0.915. The average Bonchev–Trinajstić information content (AvgIpc) is 2.39. The summed E-state index contributed by atoms with van der Waals surface area (Å²) in [4.78, 5) is 12.4. The van der Waals surface area contributed by atoms with Gasteiger partial charge in [-0.2, -0.15) is 0 Å². The van der Waals surface area contributed by atoms with E-state index in [2.05, 4.69) is 13.8 Å². The second-order valence-corrected chi connectivity index (χ2v) is 5.75. The van der Waals surface area contributed by atoms with Gasteiger partial charge >= 0.3 is 0 Å². The number of hydrogen-bond donors (Lipinski definition) is 1. The van der Waals surface area contributed by atoms with Crippen molar-refractivity contribution in [3.63, 3.8) is 0 Å². The van der Waals surface area contributed by atoms with Crippen LogP contribution in [0.5, 0.6) is 5.75 Å². The molecule has 1 aliphatic rings. The molecule has 4 nitrogen and oxygen atoms in total. The third kappa shape index (κ3) is 4.20. The third-order valence-corrected chi connectivity index (χ3v) is 3.66. The molecular weight excluding hydrogens is 278 g/mol. The number of carbonyl (C=O) groups is 1. The monoisotopic (exact) mass is 298 g/mol. The number of quaternary nitrogens is 1. The molecule has 0 aliphatic carbocycles. The Morgan fingerprint density at radius 3 is 2.75 bits per heavy atom. The Morgan fingerprint density at radius 1 is 1.40 bits per heavy atom. The van der Waals surface area contributed by atoms with Crippen LogP contribution in [0.4, 0.5) is 0 Å². The zero-order valence-corrected chi connectivity index (χ0v) is 12.7. The first-order valence-electron chi connectivity index (χ1n) is 6.95. The van der Waals surface area contributed by atoms with E-state index in [9.17, 15) is 4.79 Å². The molecule has 2 atom stereocenters. The van der Waals surface area contributed by atoms with Gasteiger partial charge in [0.25, 0.3) is 0 Å². The molecule has 0 aromatic heterocycles. The average molecular weight is 299 g/mol. The van der Waals surface area contributed by atoms with E-state index in [1.165, 1.54) is 4.90 Å². The maximum Gasteiger partial charge on any atom is 0.153 e. The SMILES string of the molecule is C[C@H]1C[NH+](CCOc2ccc(Cl)cc2C=O)C[C@H](C)O1. The number of halogens is 1. The van der Waals surface area contributed by atoms with Crippen molar-refractivity contribution in [3.8, 4) is 5.75 Å². The van der Waals surface area contributed by atoms with Crippen molar-refractivity contribution < 1.29 is 19.2 Å². The highest BCUT2D eigenvalue weighted by molar-refractivity contribution is 6.30. The molecule has 1 N–H and O–H groups in total. The Kier molecular flexibility index (Phi) is 5.40. The van der Waals surface area contributed by atoms with E-state index in [1.807, 2.05) is 0 Å². The van der Waals surface area contributed by atoms with Crippen molar-refractivity contribution in [2.75, 3.05) is 26.2 Å². The van der Waals surface area contributed by atoms with Crippen LogP contribution < -0.4 is 9.64 Å². The van der Waals surface area contributed by atoms with E-state index in [4.69, 9.17) is 21.1 Å². The van der Waals surface area contributed by atoms with Crippen molar-refractivity contribution in [2.24, 2.45) is 0 Å². The predicted molar refractivity (Wildman–Crippen MR) is 77.9 cm³/mol. The summed E-state index contributed by atoms with van der Waals surface area (Å²) in [6.07, 6.45) is 1.34. The van der Waals surface area contributed by atoms with Gasteiger partial charge in [-0.3, -0.25) is 4.79 Å². The topological polar surface area (TPSA) is 40.0 Å². The van der Waals surface area contributed by atoms with Crippen LogP contribution in [-0.4, -0.2) is 44.7 Å². The van der Waals surface area contributed by atoms with Crippen molar-refractivity contribution in [3.05, 3.63) is 28.8 Å². The molecule has 0 unspecified atom stereocenters. The van der Waals surface area contributed by atoms with Crippen LogP contribution in [0.1, 0.15) is 24.2 Å². The van der Waals surface area contributed by atoms with Gasteiger partial charge < -0.3 is 14.4 Å². The number of carbonyl (C=O) groups excluding carboxylic acids is 1. The van der Waals surface area contributed by atoms with Crippen LogP contribution in [0.15, 0.2) is 18.2 Å². The van der Waals surface area contributed by atoms with Crippen molar-refractivity contribution in [1.29, 1.82) is 0 Å². The van der Waals surface area contributed by atoms with Gasteiger partial charge in [0.2, 0.25) is 0 Å². The Bertz CT molecular complexity index is 456. The van der Waals surface area contributed by atoms with Gasteiger partial charge in [0.1, 0.15) is 44.2 Å². The molecule has 1 heterocycles. The van der Waals surface area contributed by atoms with E-state index in [-0.39, 0.29) is 12.2 Å². The summed E-state index contributed by atoms with van der Waals surface area (Å²) >= 11 is 5.85. The smallest absolute Gasteiger partial charge is 0.153 e. The summed E-state index contributed by atoms with van der Waals surface area (Å²) in [7, 11) is 0. The van der Waals surface area contributed by atoms with Gasteiger partial charge in [0.05, 0.1) is 5.56 Å². The Balaban J connectivity index is 1.85. The molecule has 0 bridgehead atoms. The van der Waals surface area contributed by atoms with Crippen LogP contribution in [-0.2, 0) is 4.74 Å². The Hall–Kier alpha value is -1.10. The molecule has 0 amide bonds. The lowest BCUT2D eigenvalue weighted by Gasteiger charge is -2.32. The number of rotatable bonds is 5. The zero-order chi connectivity index (χ0) is 14.5. The number of ether oxygens (including phenoxy) is 2. The quantitative estimate of drug-likeness (QED) is 0.831. The molecule has 1 fully saturated rings. The van der Waals surface area contributed by atoms with Crippen LogP contribution >= 0.6 is 11.6 Å². The molecule has 5 heteroatoms. The maximum atomic E-state index is 11.0. The number of nitrogens with one attached hydrogen (secondary N) is 1. The minimum Gasteiger partial charge on any atom is -0.487 e. The lowest BCUT2D eigenvalue weighted by atomic mass is 10.2. The second kappa shape index (κ2) is 7.07. The highest BCUT2D eigenvalue weighted by Crippen LogP contribution is 2.20. The van der Waals surface area contributed by atoms with Crippen molar-refractivity contribution in [2.45, 2.75) is 26.1 Å². The van der Waals surface area contributed by atoms with E-state index in [1.54, 1.807) is 18.2 Å². The molecule has 1 aliphatic heterocycles. The van der Waals surface area contributed by atoms with Crippen LogP contribution in [0, 0.1) is 0 Å². The summed E-state index contributed by atoms with van der Waals surface area (Å²) < 4.78 is 11.4. The molecule has 0 radical (unpaired) electrons. The van der Waals surface area contributed by atoms with E-state index in [0.29, 0.717) is 22.9 Å². The fraction of sp³-hybridized carbons (Fsp3) is 0.533. The largest absolute Gasteiger partial charge is 0.487 e. The third-order valence-electron chi connectivity index (χ3n) is 3.43. The molecule has 1 aromatic rings. The minimum absolute atomic E-state index is 0.287. The fourth-order valence-electron chi connectivity index (χ4n) is 2.64. The van der Waals surface area contributed by atoms with Crippen molar-refractivity contribution in [1.82, 2.24) is 0 Å². The molecule has 20 heavy (non-hydrogen) atoms. The second-order valence-electron chi connectivity index (χ2n) is 5.31. The molecule has 110 valence electrons. The summed E-state index contributed by atoms with van der Waals surface area (Å²) in [6, 6.07) is 5.09. The summed E-state index contributed by atoms with van der Waals surface area (Å²) in [5, 5.41) is 0.543. The van der Waals surface area contributed by atoms with E-state index in [0.717, 1.165) is 25.9 Å².